The average molecular weight is 501 g/mol. The molecule has 0 atom stereocenters. The van der Waals surface area contributed by atoms with E-state index in [0.29, 0.717) is 22.6 Å². The number of nitrogens with zero attached hydrogens (tertiary/aromatic N) is 4. The van der Waals surface area contributed by atoms with Crippen molar-refractivity contribution in [3.63, 3.8) is 0 Å². The predicted octanol–water partition coefficient (Wildman–Crippen LogP) is 5.78. The Kier molecular flexibility index (Phi) is 7.33. The summed E-state index contributed by atoms with van der Waals surface area (Å²) in [5, 5.41) is 6.72. The van der Waals surface area contributed by atoms with Crippen LogP contribution in [-0.2, 0) is 4.79 Å². The average Bonchev–Trinajstić information content (AvgIpc) is 3.24. The number of carbonyl (C=O) groups excluding carboxylic acids is 2. The quantitative estimate of drug-likeness (QED) is 0.314. The summed E-state index contributed by atoms with van der Waals surface area (Å²) in [4.78, 5) is 34.7. The van der Waals surface area contributed by atoms with Gasteiger partial charge in [-0.15, -0.1) is 0 Å². The predicted molar refractivity (Wildman–Crippen MR) is 144 cm³/mol. The van der Waals surface area contributed by atoms with Crippen LogP contribution >= 0.6 is 0 Å². The number of halogens is 1. The number of rotatable bonds is 7. The molecule has 4 aromatic rings. The molecule has 2 heterocycles. The van der Waals surface area contributed by atoms with Crippen molar-refractivity contribution in [3.8, 4) is 11.3 Å². The Balaban J connectivity index is 1.69. The van der Waals surface area contributed by atoms with E-state index in [0.717, 1.165) is 17.1 Å². The summed E-state index contributed by atoms with van der Waals surface area (Å²) < 4.78 is 16.8. The number of hydrogen-bond acceptors (Lipinski definition) is 5. The Morgan fingerprint density at radius 3 is 2.54 bits per heavy atom. The van der Waals surface area contributed by atoms with Crippen molar-refractivity contribution in [3.05, 3.63) is 78.4 Å². The lowest BCUT2D eigenvalue weighted by Gasteiger charge is -2.17. The van der Waals surface area contributed by atoms with Crippen molar-refractivity contribution >= 4 is 40.0 Å². The second kappa shape index (κ2) is 10.6. The summed E-state index contributed by atoms with van der Waals surface area (Å²) in [7, 11) is 3.43. The molecule has 0 spiro atoms. The summed E-state index contributed by atoms with van der Waals surface area (Å²) in [5.41, 5.74) is 3.31. The Hall–Kier alpha value is -4.53. The SMILES string of the molecule is C/C=C/C(=O)Nc1cccc(Nc2ncc(F)c(-c3ccc4cc(C(=O)N(C)C)n(C(C)C)c4c3)n2)c1. The van der Waals surface area contributed by atoms with Crippen LogP contribution in [0.25, 0.3) is 22.2 Å². The molecule has 2 amide bonds. The molecule has 8 nitrogen and oxygen atoms in total. The van der Waals surface area contributed by atoms with Crippen LogP contribution in [-0.4, -0.2) is 45.3 Å². The number of hydrogen-bond donors (Lipinski definition) is 2. The number of benzene rings is 2. The molecule has 0 fully saturated rings. The molecule has 0 aliphatic carbocycles. The molecule has 37 heavy (non-hydrogen) atoms. The minimum Gasteiger partial charge on any atom is -0.343 e. The lowest BCUT2D eigenvalue weighted by molar-refractivity contribution is -0.111. The molecule has 2 N–H and O–H groups in total. The van der Waals surface area contributed by atoms with E-state index in [4.69, 9.17) is 0 Å². The van der Waals surface area contributed by atoms with Gasteiger partial charge in [-0.1, -0.05) is 24.3 Å². The van der Waals surface area contributed by atoms with Crippen LogP contribution in [0.1, 0.15) is 37.3 Å². The fourth-order valence-electron chi connectivity index (χ4n) is 4.09. The van der Waals surface area contributed by atoms with Gasteiger partial charge in [0, 0.05) is 48.0 Å². The highest BCUT2D eigenvalue weighted by atomic mass is 19.1. The van der Waals surface area contributed by atoms with E-state index >= 15 is 0 Å². The normalized spacial score (nSPS) is 11.3. The molecule has 190 valence electrons. The highest BCUT2D eigenvalue weighted by Crippen LogP contribution is 2.31. The molecule has 0 aliphatic rings. The third kappa shape index (κ3) is 5.50. The van der Waals surface area contributed by atoms with Gasteiger partial charge in [0.05, 0.1) is 6.20 Å². The zero-order chi connectivity index (χ0) is 26.7. The number of aromatic nitrogens is 3. The molecule has 4 rings (SSSR count). The van der Waals surface area contributed by atoms with Crippen LogP contribution in [0.4, 0.5) is 21.7 Å². The zero-order valence-electron chi connectivity index (χ0n) is 21.4. The summed E-state index contributed by atoms with van der Waals surface area (Å²) in [6, 6.07) is 14.4. The van der Waals surface area contributed by atoms with Crippen molar-refractivity contribution in [2.75, 3.05) is 24.7 Å². The summed E-state index contributed by atoms with van der Waals surface area (Å²) >= 11 is 0. The first-order chi connectivity index (χ1) is 17.7. The number of allylic oxidation sites excluding steroid dienone is 1. The maximum Gasteiger partial charge on any atom is 0.270 e. The minimum absolute atomic E-state index is 0.0136. The third-order valence-corrected chi connectivity index (χ3v) is 5.71. The van der Waals surface area contributed by atoms with Gasteiger partial charge in [-0.2, -0.15) is 0 Å². The maximum absolute atomic E-state index is 14.9. The Bertz CT molecular complexity index is 1510. The van der Waals surface area contributed by atoms with Gasteiger partial charge in [-0.05, 0) is 57.2 Å². The van der Waals surface area contributed by atoms with Crippen LogP contribution in [0.3, 0.4) is 0 Å². The molecular formula is C28H29FN6O2. The van der Waals surface area contributed by atoms with E-state index in [2.05, 4.69) is 20.6 Å². The van der Waals surface area contributed by atoms with E-state index in [1.165, 1.54) is 11.0 Å². The molecule has 0 bridgehead atoms. The zero-order valence-corrected chi connectivity index (χ0v) is 21.4. The molecule has 0 radical (unpaired) electrons. The Morgan fingerprint density at radius 2 is 1.84 bits per heavy atom. The highest BCUT2D eigenvalue weighted by Gasteiger charge is 2.20. The molecule has 0 aliphatic heterocycles. The van der Waals surface area contributed by atoms with Gasteiger partial charge in [0.15, 0.2) is 5.82 Å². The lowest BCUT2D eigenvalue weighted by atomic mass is 10.1. The Morgan fingerprint density at radius 1 is 1.08 bits per heavy atom. The first-order valence-electron chi connectivity index (χ1n) is 11.9. The fourth-order valence-corrected chi connectivity index (χ4v) is 4.09. The van der Waals surface area contributed by atoms with Gasteiger partial charge < -0.3 is 20.1 Å². The number of anilines is 3. The van der Waals surface area contributed by atoms with Gasteiger partial charge in [0.2, 0.25) is 11.9 Å². The van der Waals surface area contributed by atoms with Crippen LogP contribution in [0.5, 0.6) is 0 Å². The first kappa shape index (κ1) is 25.6. The molecule has 2 aromatic heterocycles. The topological polar surface area (TPSA) is 92.1 Å². The molecule has 0 unspecified atom stereocenters. The van der Waals surface area contributed by atoms with E-state index in [-0.39, 0.29) is 29.5 Å². The second-order valence-electron chi connectivity index (χ2n) is 9.05. The number of nitrogens with one attached hydrogen (secondary N) is 2. The summed E-state index contributed by atoms with van der Waals surface area (Å²) in [5.74, 6) is -0.701. The van der Waals surface area contributed by atoms with Crippen LogP contribution < -0.4 is 10.6 Å². The molecular weight excluding hydrogens is 471 g/mol. The first-order valence-corrected chi connectivity index (χ1v) is 11.9. The van der Waals surface area contributed by atoms with E-state index in [1.54, 1.807) is 57.4 Å². The van der Waals surface area contributed by atoms with Gasteiger partial charge in [0.1, 0.15) is 11.4 Å². The number of amides is 2. The third-order valence-electron chi connectivity index (χ3n) is 5.71. The number of carbonyl (C=O) groups is 2. The molecule has 0 saturated heterocycles. The van der Waals surface area contributed by atoms with Gasteiger partial charge in [-0.25, -0.2) is 14.4 Å². The van der Waals surface area contributed by atoms with Crippen molar-refractivity contribution in [2.24, 2.45) is 0 Å². The maximum atomic E-state index is 14.9. The molecule has 0 saturated carbocycles. The van der Waals surface area contributed by atoms with E-state index in [1.807, 2.05) is 36.6 Å². The minimum atomic E-state index is -0.565. The van der Waals surface area contributed by atoms with Crippen LogP contribution in [0.15, 0.2) is 66.9 Å². The van der Waals surface area contributed by atoms with Crippen molar-refractivity contribution in [2.45, 2.75) is 26.8 Å². The number of fused-ring (bicyclic) bond motifs is 1. The van der Waals surface area contributed by atoms with Crippen molar-refractivity contribution in [1.29, 1.82) is 0 Å². The Labute approximate surface area is 214 Å². The van der Waals surface area contributed by atoms with Crippen molar-refractivity contribution < 1.29 is 14.0 Å². The molecule has 2 aromatic carbocycles. The van der Waals surface area contributed by atoms with Gasteiger partial charge in [-0.3, -0.25) is 9.59 Å². The van der Waals surface area contributed by atoms with E-state index in [9.17, 15) is 14.0 Å². The lowest BCUT2D eigenvalue weighted by Crippen LogP contribution is -2.25. The second-order valence-corrected chi connectivity index (χ2v) is 9.05. The van der Waals surface area contributed by atoms with Crippen molar-refractivity contribution in [1.82, 2.24) is 19.4 Å². The summed E-state index contributed by atoms with van der Waals surface area (Å²) in [6.45, 7) is 5.77. The van der Waals surface area contributed by atoms with Gasteiger partial charge in [0.25, 0.3) is 5.91 Å². The van der Waals surface area contributed by atoms with Gasteiger partial charge >= 0.3 is 0 Å². The fraction of sp³-hybridized carbons (Fsp3) is 0.214. The monoisotopic (exact) mass is 500 g/mol. The molecule has 9 heteroatoms. The van der Waals surface area contributed by atoms with Crippen LogP contribution in [0, 0.1) is 5.82 Å². The van der Waals surface area contributed by atoms with E-state index < -0.39 is 5.82 Å². The van der Waals surface area contributed by atoms with Crippen LogP contribution in [0.2, 0.25) is 0 Å². The highest BCUT2D eigenvalue weighted by molar-refractivity contribution is 6.00. The largest absolute Gasteiger partial charge is 0.343 e. The standard InChI is InChI=1S/C28H29FN6O2/c1-6-8-25(36)31-20-9-7-10-21(15-20)32-28-30-16-22(29)26(33-28)19-12-11-18-13-24(27(37)34(4)5)35(17(2)3)23(18)14-19/h6-17H,1-5H3,(H,31,36)(H,30,32,33)/b8-6+. The smallest absolute Gasteiger partial charge is 0.270 e. The summed E-state index contributed by atoms with van der Waals surface area (Å²) in [6.07, 6.45) is 4.21.